The van der Waals surface area contributed by atoms with Gasteiger partial charge in [0.1, 0.15) is 0 Å². The quantitative estimate of drug-likeness (QED) is 0.706. The van der Waals surface area contributed by atoms with Crippen LogP contribution in [0.4, 0.5) is 10.5 Å². The summed E-state index contributed by atoms with van der Waals surface area (Å²) >= 11 is 0. The number of carbonyl (C=O) groups is 1. The van der Waals surface area contributed by atoms with Gasteiger partial charge in [0.2, 0.25) is 0 Å². The molecule has 0 bridgehead atoms. The summed E-state index contributed by atoms with van der Waals surface area (Å²) in [7, 11) is 3.50. The number of urea groups is 1. The third kappa shape index (κ3) is 2.33. The van der Waals surface area contributed by atoms with Crippen molar-refractivity contribution >= 4 is 11.7 Å². The van der Waals surface area contributed by atoms with E-state index in [4.69, 9.17) is 0 Å². The number of benzene rings is 1. The Hall–Kier alpha value is -1.35. The first-order valence-corrected chi connectivity index (χ1v) is 4.67. The number of nitrogens with two attached hydrogens (primary N) is 1. The lowest BCUT2D eigenvalue weighted by molar-refractivity contribution is -0.487. The Kier molecular flexibility index (Phi) is 3.65. The van der Waals surface area contributed by atoms with Crippen LogP contribution in [0.1, 0.15) is 13.8 Å². The van der Waals surface area contributed by atoms with Crippen LogP contribution in [-0.4, -0.2) is 12.1 Å². The number of primary amides is 1. The van der Waals surface area contributed by atoms with Gasteiger partial charge in [-0.1, -0.05) is 18.2 Å². The normalized spacial score (nSPS) is 10.3. The van der Waals surface area contributed by atoms with Gasteiger partial charge in [-0.25, -0.2) is 4.79 Å². The molecule has 2 amide bonds. The number of para-hydroxylation sites is 1. The van der Waals surface area contributed by atoms with E-state index in [-0.39, 0.29) is 12.1 Å². The number of anilines is 1. The maximum absolute atomic E-state index is 11.6. The van der Waals surface area contributed by atoms with Gasteiger partial charge >= 0.3 is 6.03 Å². The van der Waals surface area contributed by atoms with Crippen LogP contribution in [0.3, 0.4) is 0 Å². The molecule has 0 aliphatic heterocycles. The van der Waals surface area contributed by atoms with E-state index in [0.29, 0.717) is 0 Å². The van der Waals surface area contributed by atoms with Gasteiger partial charge in [-0.2, -0.15) is 0 Å². The molecule has 0 saturated carbocycles. The van der Waals surface area contributed by atoms with Crippen LogP contribution in [0, 0.1) is 7.05 Å². The highest BCUT2D eigenvalue weighted by molar-refractivity contribution is 5.85. The molecule has 0 fully saturated rings. The van der Waals surface area contributed by atoms with Gasteiger partial charge in [0.05, 0.1) is 0 Å². The Morgan fingerprint density at radius 1 is 1.36 bits per heavy atom. The molecule has 0 aliphatic carbocycles. The van der Waals surface area contributed by atoms with E-state index in [0.717, 1.165) is 5.69 Å². The first-order valence-electron chi connectivity index (χ1n) is 4.67. The highest BCUT2D eigenvalue weighted by Gasteiger charge is 2.18. The monoisotopic (exact) mass is 192 g/mol. The average molecular weight is 192 g/mol. The van der Waals surface area contributed by atoms with E-state index in [1.807, 2.05) is 44.2 Å². The Morgan fingerprint density at radius 3 is 2.36 bits per heavy atom. The lowest BCUT2D eigenvalue weighted by atomic mass is 10.2. The van der Waals surface area contributed by atoms with Crippen molar-refractivity contribution in [2.45, 2.75) is 19.9 Å². The highest BCUT2D eigenvalue weighted by atomic mass is 16.2. The zero-order chi connectivity index (χ0) is 10.6. The van der Waals surface area contributed by atoms with E-state index >= 15 is 0 Å². The SMILES string of the molecule is [CH2-][NH2+]C(=O)N(c1ccccc1)C(C)C. The van der Waals surface area contributed by atoms with Crippen LogP contribution >= 0.6 is 0 Å². The van der Waals surface area contributed by atoms with Crippen LogP contribution in [-0.2, 0) is 0 Å². The van der Waals surface area contributed by atoms with E-state index in [1.54, 1.807) is 4.90 Å². The average Bonchev–Trinajstić information content (AvgIpc) is 2.19. The van der Waals surface area contributed by atoms with Gasteiger partial charge in [-0.15, -0.1) is 7.05 Å². The fourth-order valence-electron chi connectivity index (χ4n) is 1.37. The van der Waals surface area contributed by atoms with Crippen molar-refractivity contribution in [3.63, 3.8) is 0 Å². The summed E-state index contributed by atoms with van der Waals surface area (Å²) in [6.45, 7) is 3.96. The molecule has 0 unspecified atom stereocenters. The molecule has 1 aromatic carbocycles. The summed E-state index contributed by atoms with van der Waals surface area (Å²) in [5.74, 6) is 0. The number of carbonyl (C=O) groups excluding carboxylic acids is 1. The Balaban J connectivity index is 2.95. The zero-order valence-corrected chi connectivity index (χ0v) is 8.60. The highest BCUT2D eigenvalue weighted by Crippen LogP contribution is 2.15. The first kappa shape index (κ1) is 10.7. The molecular formula is C11H16N2O. The number of amides is 2. The number of quaternary nitrogens is 1. The predicted octanol–water partition coefficient (Wildman–Crippen LogP) is 1.38. The van der Waals surface area contributed by atoms with Gasteiger partial charge in [0, 0.05) is 11.7 Å². The summed E-state index contributed by atoms with van der Waals surface area (Å²) in [5.41, 5.74) is 0.910. The standard InChI is InChI=1S/C11H16N2O/c1-9(2)13(11(14)12-3)10-7-5-4-6-8-10/h4-9H,3,12H2,1-2H3. The summed E-state index contributed by atoms with van der Waals surface area (Å²) in [6, 6.07) is 9.68. The molecule has 0 aromatic heterocycles. The van der Waals surface area contributed by atoms with Crippen LogP contribution in [0.15, 0.2) is 30.3 Å². The molecule has 2 N–H and O–H groups in total. The lowest BCUT2D eigenvalue weighted by Gasteiger charge is -2.24. The van der Waals surface area contributed by atoms with Gasteiger partial charge in [-0.3, -0.25) is 4.90 Å². The van der Waals surface area contributed by atoms with Crippen molar-refractivity contribution in [2.24, 2.45) is 0 Å². The minimum Gasteiger partial charge on any atom is -0.394 e. The molecule has 0 aliphatic rings. The van der Waals surface area contributed by atoms with Gasteiger partial charge < -0.3 is 5.32 Å². The van der Waals surface area contributed by atoms with Crippen molar-refractivity contribution in [2.75, 3.05) is 4.90 Å². The van der Waals surface area contributed by atoms with E-state index in [2.05, 4.69) is 7.05 Å². The molecule has 14 heavy (non-hydrogen) atoms. The number of hydrogen-bond donors (Lipinski definition) is 1. The molecule has 0 spiro atoms. The summed E-state index contributed by atoms with van der Waals surface area (Å²) in [6.07, 6.45) is 0. The van der Waals surface area contributed by atoms with Gasteiger partial charge in [-0.05, 0) is 26.0 Å². The lowest BCUT2D eigenvalue weighted by Crippen LogP contribution is -2.85. The van der Waals surface area contributed by atoms with Crippen LogP contribution in [0.25, 0.3) is 0 Å². The topological polar surface area (TPSA) is 36.9 Å². The predicted molar refractivity (Wildman–Crippen MR) is 56.7 cm³/mol. The largest absolute Gasteiger partial charge is 0.394 e. The molecule has 76 valence electrons. The molecule has 0 radical (unpaired) electrons. The molecule has 3 heteroatoms. The third-order valence-corrected chi connectivity index (χ3v) is 1.96. The third-order valence-electron chi connectivity index (χ3n) is 1.96. The number of rotatable bonds is 2. The first-order chi connectivity index (χ1) is 6.66. The smallest absolute Gasteiger partial charge is 0.394 e. The second kappa shape index (κ2) is 4.77. The minimum absolute atomic E-state index is 0.0637. The summed E-state index contributed by atoms with van der Waals surface area (Å²) < 4.78 is 0. The summed E-state index contributed by atoms with van der Waals surface area (Å²) in [5, 5.41) is 1.34. The summed E-state index contributed by atoms with van der Waals surface area (Å²) in [4.78, 5) is 13.3. The second-order valence-corrected chi connectivity index (χ2v) is 3.34. The molecule has 0 atom stereocenters. The second-order valence-electron chi connectivity index (χ2n) is 3.34. The molecular weight excluding hydrogens is 176 g/mol. The van der Waals surface area contributed by atoms with Crippen molar-refractivity contribution in [1.82, 2.24) is 0 Å². The van der Waals surface area contributed by atoms with Crippen LogP contribution in [0.5, 0.6) is 0 Å². The van der Waals surface area contributed by atoms with E-state index in [1.165, 1.54) is 5.32 Å². The van der Waals surface area contributed by atoms with Crippen molar-refractivity contribution in [3.8, 4) is 0 Å². The minimum atomic E-state index is -0.0637. The van der Waals surface area contributed by atoms with Crippen molar-refractivity contribution in [3.05, 3.63) is 37.4 Å². The zero-order valence-electron chi connectivity index (χ0n) is 8.60. The van der Waals surface area contributed by atoms with Crippen LogP contribution in [0.2, 0.25) is 0 Å². The molecule has 1 aromatic rings. The van der Waals surface area contributed by atoms with Gasteiger partial charge in [0.15, 0.2) is 0 Å². The van der Waals surface area contributed by atoms with E-state index in [9.17, 15) is 4.79 Å². The maximum Gasteiger partial charge on any atom is 0.394 e. The molecule has 0 heterocycles. The van der Waals surface area contributed by atoms with Gasteiger partial charge in [0.25, 0.3) is 0 Å². The van der Waals surface area contributed by atoms with Crippen LogP contribution < -0.4 is 10.2 Å². The number of nitrogens with zero attached hydrogens (tertiary/aromatic N) is 1. The van der Waals surface area contributed by atoms with Crippen molar-refractivity contribution in [1.29, 1.82) is 0 Å². The molecule has 0 saturated heterocycles. The Labute approximate surface area is 84.7 Å². The fraction of sp³-hybridized carbons (Fsp3) is 0.273. The molecule has 3 nitrogen and oxygen atoms in total. The van der Waals surface area contributed by atoms with E-state index < -0.39 is 0 Å². The fourth-order valence-corrected chi connectivity index (χ4v) is 1.37. The Bertz CT molecular complexity index is 295. The number of hydrogen-bond acceptors (Lipinski definition) is 1. The van der Waals surface area contributed by atoms with Crippen molar-refractivity contribution < 1.29 is 10.1 Å². The molecule has 1 rings (SSSR count). The maximum atomic E-state index is 11.6. The Morgan fingerprint density at radius 2 is 1.93 bits per heavy atom.